The van der Waals surface area contributed by atoms with Crippen LogP contribution in [0.25, 0.3) is 0 Å². The van der Waals surface area contributed by atoms with Gasteiger partial charge in [-0.05, 0) is 52.2 Å². The molecule has 2 aromatic rings. The molecule has 0 aliphatic rings. The van der Waals surface area contributed by atoms with Crippen LogP contribution in [-0.2, 0) is 17.8 Å². The molecular weight excluding hydrogens is 312 g/mol. The van der Waals surface area contributed by atoms with Gasteiger partial charge < -0.3 is 11.1 Å². The van der Waals surface area contributed by atoms with E-state index in [-0.39, 0.29) is 11.4 Å². The number of aryl methyl sites for hydroxylation is 2. The maximum atomic E-state index is 12.0. The van der Waals surface area contributed by atoms with Crippen molar-refractivity contribution >= 4 is 5.91 Å². The standard InChI is InChI=1S/C20H30N4O/c1-14-6-8-17(9-7-14)12-24-16(3)18(15(2)23-24)10-11-19(25)22-13-20(4,5)21/h6-9H,10-13,21H2,1-5H3,(H,22,25). The number of carbonyl (C=O) groups is 1. The van der Waals surface area contributed by atoms with Gasteiger partial charge in [-0.2, -0.15) is 5.10 Å². The predicted molar refractivity (Wildman–Crippen MR) is 102 cm³/mol. The summed E-state index contributed by atoms with van der Waals surface area (Å²) in [5.41, 5.74) is 11.3. The first kappa shape index (κ1) is 19.2. The lowest BCUT2D eigenvalue weighted by molar-refractivity contribution is -0.121. The quantitative estimate of drug-likeness (QED) is 0.812. The summed E-state index contributed by atoms with van der Waals surface area (Å²) in [7, 11) is 0. The van der Waals surface area contributed by atoms with Crippen LogP contribution in [-0.4, -0.2) is 27.8 Å². The minimum Gasteiger partial charge on any atom is -0.354 e. The van der Waals surface area contributed by atoms with Crippen LogP contribution in [0.4, 0.5) is 0 Å². The fraction of sp³-hybridized carbons (Fsp3) is 0.500. The number of hydrogen-bond acceptors (Lipinski definition) is 3. The summed E-state index contributed by atoms with van der Waals surface area (Å²) in [6.45, 7) is 11.2. The van der Waals surface area contributed by atoms with E-state index in [1.165, 1.54) is 11.1 Å². The minimum atomic E-state index is -0.388. The van der Waals surface area contributed by atoms with Gasteiger partial charge in [-0.3, -0.25) is 9.48 Å². The third-order valence-electron chi connectivity index (χ3n) is 4.33. The fourth-order valence-corrected chi connectivity index (χ4v) is 2.77. The SMILES string of the molecule is Cc1ccc(Cn2nc(C)c(CCC(=O)NCC(C)(C)N)c2C)cc1. The van der Waals surface area contributed by atoms with Gasteiger partial charge in [-0.15, -0.1) is 0 Å². The molecule has 1 heterocycles. The van der Waals surface area contributed by atoms with Crippen LogP contribution in [0.15, 0.2) is 24.3 Å². The first-order valence-electron chi connectivity index (χ1n) is 8.80. The van der Waals surface area contributed by atoms with E-state index in [1.54, 1.807) is 0 Å². The Hall–Kier alpha value is -2.14. The van der Waals surface area contributed by atoms with Gasteiger partial charge in [0.1, 0.15) is 0 Å². The molecule has 0 radical (unpaired) electrons. The molecule has 0 atom stereocenters. The van der Waals surface area contributed by atoms with Crippen molar-refractivity contribution in [2.24, 2.45) is 5.73 Å². The zero-order chi connectivity index (χ0) is 18.6. The molecule has 0 saturated carbocycles. The number of amides is 1. The average Bonchev–Trinajstić information content (AvgIpc) is 2.79. The van der Waals surface area contributed by atoms with E-state index in [4.69, 9.17) is 5.73 Å². The van der Waals surface area contributed by atoms with Crippen molar-refractivity contribution in [3.8, 4) is 0 Å². The fourth-order valence-electron chi connectivity index (χ4n) is 2.77. The number of nitrogens with zero attached hydrogens (tertiary/aromatic N) is 2. The van der Waals surface area contributed by atoms with Crippen molar-refractivity contribution < 1.29 is 4.79 Å². The molecule has 3 N–H and O–H groups in total. The summed E-state index contributed by atoms with van der Waals surface area (Å²) < 4.78 is 2.02. The topological polar surface area (TPSA) is 72.9 Å². The lowest BCUT2D eigenvalue weighted by Gasteiger charge is -2.18. The summed E-state index contributed by atoms with van der Waals surface area (Å²) in [6, 6.07) is 8.50. The zero-order valence-electron chi connectivity index (χ0n) is 16.0. The van der Waals surface area contributed by atoms with Crippen molar-refractivity contribution in [1.29, 1.82) is 0 Å². The van der Waals surface area contributed by atoms with Gasteiger partial charge >= 0.3 is 0 Å². The number of nitrogens with one attached hydrogen (secondary N) is 1. The number of benzene rings is 1. The highest BCUT2D eigenvalue weighted by atomic mass is 16.1. The first-order valence-corrected chi connectivity index (χ1v) is 8.80. The van der Waals surface area contributed by atoms with Crippen molar-refractivity contribution in [2.75, 3.05) is 6.54 Å². The highest BCUT2D eigenvalue weighted by Gasteiger charge is 2.15. The second-order valence-corrected chi connectivity index (χ2v) is 7.56. The molecule has 2 rings (SSSR count). The lowest BCUT2D eigenvalue weighted by atomic mass is 10.1. The molecule has 25 heavy (non-hydrogen) atoms. The zero-order valence-corrected chi connectivity index (χ0v) is 16.0. The van der Waals surface area contributed by atoms with Gasteiger partial charge in [-0.25, -0.2) is 0 Å². The maximum absolute atomic E-state index is 12.0. The van der Waals surface area contributed by atoms with E-state index >= 15 is 0 Å². The number of aromatic nitrogens is 2. The molecule has 5 nitrogen and oxygen atoms in total. The van der Waals surface area contributed by atoms with Crippen LogP contribution >= 0.6 is 0 Å². The number of nitrogens with two attached hydrogens (primary N) is 1. The molecule has 0 spiro atoms. The van der Waals surface area contributed by atoms with Gasteiger partial charge in [0.2, 0.25) is 5.91 Å². The van der Waals surface area contributed by atoms with Crippen LogP contribution < -0.4 is 11.1 Å². The molecule has 0 saturated heterocycles. The van der Waals surface area contributed by atoms with Gasteiger partial charge in [0.25, 0.3) is 0 Å². The molecule has 136 valence electrons. The Morgan fingerprint density at radius 2 is 1.84 bits per heavy atom. The van der Waals surface area contributed by atoms with E-state index in [1.807, 2.05) is 25.5 Å². The molecule has 0 unspecified atom stereocenters. The van der Waals surface area contributed by atoms with Crippen molar-refractivity contribution in [3.05, 3.63) is 52.3 Å². The minimum absolute atomic E-state index is 0.0311. The number of rotatable bonds is 7. The maximum Gasteiger partial charge on any atom is 0.220 e. The van der Waals surface area contributed by atoms with E-state index in [0.29, 0.717) is 19.4 Å². The monoisotopic (exact) mass is 342 g/mol. The number of carbonyl (C=O) groups excluding carboxylic acids is 1. The van der Waals surface area contributed by atoms with Crippen molar-refractivity contribution in [3.63, 3.8) is 0 Å². The normalized spacial score (nSPS) is 11.6. The Morgan fingerprint density at radius 1 is 1.20 bits per heavy atom. The molecule has 1 amide bonds. The van der Waals surface area contributed by atoms with Crippen LogP contribution in [0.2, 0.25) is 0 Å². The van der Waals surface area contributed by atoms with Gasteiger partial charge in [0.05, 0.1) is 12.2 Å². The van der Waals surface area contributed by atoms with Crippen LogP contribution in [0.5, 0.6) is 0 Å². The first-order chi connectivity index (χ1) is 11.7. The molecule has 5 heteroatoms. The van der Waals surface area contributed by atoms with E-state index < -0.39 is 0 Å². The summed E-state index contributed by atoms with van der Waals surface area (Å²) >= 11 is 0. The predicted octanol–water partition coefficient (Wildman–Crippen LogP) is 2.64. The van der Waals surface area contributed by atoms with Gasteiger partial charge in [-0.1, -0.05) is 29.8 Å². The van der Waals surface area contributed by atoms with Crippen LogP contribution in [0.3, 0.4) is 0 Å². The Bertz CT molecular complexity index is 723. The van der Waals surface area contributed by atoms with Crippen molar-refractivity contribution in [1.82, 2.24) is 15.1 Å². The van der Waals surface area contributed by atoms with E-state index in [2.05, 4.69) is 48.5 Å². The molecule has 0 aliphatic heterocycles. The van der Waals surface area contributed by atoms with Crippen molar-refractivity contribution in [2.45, 2.75) is 59.5 Å². The third-order valence-corrected chi connectivity index (χ3v) is 4.33. The van der Waals surface area contributed by atoms with Crippen LogP contribution in [0.1, 0.15) is 48.3 Å². The third kappa shape index (κ3) is 5.71. The lowest BCUT2D eigenvalue weighted by Crippen LogP contribution is -2.45. The highest BCUT2D eigenvalue weighted by molar-refractivity contribution is 5.76. The van der Waals surface area contributed by atoms with Crippen LogP contribution in [0, 0.1) is 20.8 Å². The average molecular weight is 342 g/mol. The van der Waals surface area contributed by atoms with Gasteiger partial charge in [0, 0.05) is 24.2 Å². The van der Waals surface area contributed by atoms with E-state index in [9.17, 15) is 4.79 Å². The second-order valence-electron chi connectivity index (χ2n) is 7.56. The molecule has 1 aromatic heterocycles. The smallest absolute Gasteiger partial charge is 0.220 e. The molecule has 0 aliphatic carbocycles. The Balaban J connectivity index is 1.99. The second kappa shape index (κ2) is 7.83. The largest absolute Gasteiger partial charge is 0.354 e. The highest BCUT2D eigenvalue weighted by Crippen LogP contribution is 2.17. The summed E-state index contributed by atoms with van der Waals surface area (Å²) in [5.74, 6) is 0.0311. The Morgan fingerprint density at radius 3 is 2.44 bits per heavy atom. The Labute approximate surface area is 150 Å². The van der Waals surface area contributed by atoms with E-state index in [0.717, 1.165) is 23.5 Å². The Kier molecular flexibility index (Phi) is 6.01. The molecule has 0 fully saturated rings. The summed E-state index contributed by atoms with van der Waals surface area (Å²) in [6.07, 6.45) is 1.15. The number of hydrogen-bond donors (Lipinski definition) is 2. The summed E-state index contributed by atoms with van der Waals surface area (Å²) in [5, 5.41) is 7.55. The molecule has 1 aromatic carbocycles. The van der Waals surface area contributed by atoms with Gasteiger partial charge in [0.15, 0.2) is 0 Å². The molecular formula is C20H30N4O. The molecule has 0 bridgehead atoms. The summed E-state index contributed by atoms with van der Waals surface area (Å²) in [4.78, 5) is 12.0.